The fraction of sp³-hybridized carbons (Fsp3) is 0.846. The average molecular weight is 273 g/mol. The van der Waals surface area contributed by atoms with Gasteiger partial charge in [-0.3, -0.25) is 4.79 Å². The van der Waals surface area contributed by atoms with Gasteiger partial charge in [-0.1, -0.05) is 27.7 Å². The number of carboxylic acid groups (broad SMARTS) is 1. The van der Waals surface area contributed by atoms with Gasteiger partial charge in [-0.25, -0.2) is 4.79 Å². The molecule has 0 aromatic rings. The second-order valence-electron chi connectivity index (χ2n) is 5.81. The summed E-state index contributed by atoms with van der Waals surface area (Å²) in [6.45, 7) is 10.0. The first-order valence-electron chi connectivity index (χ1n) is 6.61. The SMILES string of the molecule is CCN(C)CCNC(=O)NC(CC(=O)O)C(C)(C)C. The Morgan fingerprint density at radius 1 is 1.32 bits per heavy atom. The monoisotopic (exact) mass is 273 g/mol. The van der Waals surface area contributed by atoms with Crippen LogP contribution in [0.15, 0.2) is 0 Å². The molecule has 0 aliphatic carbocycles. The summed E-state index contributed by atoms with van der Waals surface area (Å²) in [6, 6.07) is -0.709. The van der Waals surface area contributed by atoms with Gasteiger partial charge in [0.2, 0.25) is 0 Å². The normalized spacial score (nSPS) is 13.2. The molecule has 0 aliphatic heterocycles. The lowest BCUT2D eigenvalue weighted by atomic mass is 9.85. The number of aliphatic carboxylic acids is 1. The van der Waals surface area contributed by atoms with E-state index >= 15 is 0 Å². The van der Waals surface area contributed by atoms with Gasteiger partial charge in [-0.2, -0.15) is 0 Å². The van der Waals surface area contributed by atoms with Crippen LogP contribution in [0.4, 0.5) is 4.79 Å². The topological polar surface area (TPSA) is 81.7 Å². The Hall–Kier alpha value is -1.30. The van der Waals surface area contributed by atoms with E-state index in [9.17, 15) is 9.59 Å². The zero-order valence-electron chi connectivity index (χ0n) is 12.6. The minimum atomic E-state index is -0.911. The number of nitrogens with one attached hydrogen (secondary N) is 2. The first-order valence-corrected chi connectivity index (χ1v) is 6.61. The fourth-order valence-electron chi connectivity index (χ4n) is 1.48. The van der Waals surface area contributed by atoms with Crippen LogP contribution in [0.3, 0.4) is 0 Å². The minimum Gasteiger partial charge on any atom is -0.481 e. The van der Waals surface area contributed by atoms with Gasteiger partial charge in [0, 0.05) is 19.1 Å². The number of carboxylic acids is 1. The third kappa shape index (κ3) is 8.42. The Bertz CT molecular complexity index is 300. The summed E-state index contributed by atoms with van der Waals surface area (Å²) in [7, 11) is 1.97. The van der Waals surface area contributed by atoms with Crippen molar-refractivity contribution in [2.24, 2.45) is 5.41 Å². The van der Waals surface area contributed by atoms with Gasteiger partial charge < -0.3 is 20.6 Å². The van der Waals surface area contributed by atoms with Crippen molar-refractivity contribution in [3.05, 3.63) is 0 Å². The summed E-state index contributed by atoms with van der Waals surface area (Å²) in [5.74, 6) is -0.911. The number of likely N-dealkylation sites (N-methyl/N-ethyl adjacent to an activating group) is 1. The van der Waals surface area contributed by atoms with Crippen molar-refractivity contribution in [1.29, 1.82) is 0 Å². The largest absolute Gasteiger partial charge is 0.481 e. The molecule has 0 saturated heterocycles. The van der Waals surface area contributed by atoms with Gasteiger partial charge in [-0.15, -0.1) is 0 Å². The van der Waals surface area contributed by atoms with Crippen LogP contribution < -0.4 is 10.6 Å². The number of carbonyl (C=O) groups is 2. The number of nitrogens with zero attached hydrogens (tertiary/aromatic N) is 1. The Morgan fingerprint density at radius 3 is 2.32 bits per heavy atom. The van der Waals surface area contributed by atoms with E-state index in [0.29, 0.717) is 6.54 Å². The van der Waals surface area contributed by atoms with E-state index in [0.717, 1.165) is 13.1 Å². The molecule has 19 heavy (non-hydrogen) atoms. The predicted octanol–water partition coefficient (Wildman–Crippen LogP) is 1.13. The van der Waals surface area contributed by atoms with Crippen molar-refractivity contribution < 1.29 is 14.7 Å². The third-order valence-corrected chi connectivity index (χ3v) is 3.05. The highest BCUT2D eigenvalue weighted by Crippen LogP contribution is 2.21. The maximum Gasteiger partial charge on any atom is 0.315 e. The van der Waals surface area contributed by atoms with Crippen LogP contribution in [0, 0.1) is 5.41 Å². The second-order valence-corrected chi connectivity index (χ2v) is 5.81. The highest BCUT2D eigenvalue weighted by Gasteiger charge is 2.28. The molecule has 0 aromatic carbocycles. The molecule has 6 heteroatoms. The molecule has 0 bridgehead atoms. The molecule has 3 N–H and O–H groups in total. The Labute approximate surface area is 115 Å². The molecular formula is C13H27N3O3. The summed E-state index contributed by atoms with van der Waals surface area (Å²) in [5, 5.41) is 14.3. The molecule has 0 aromatic heterocycles. The predicted molar refractivity (Wildman–Crippen MR) is 75.2 cm³/mol. The van der Waals surface area contributed by atoms with Gasteiger partial charge in [0.25, 0.3) is 0 Å². The lowest BCUT2D eigenvalue weighted by molar-refractivity contribution is -0.138. The Kier molecular flexibility index (Phi) is 7.44. The number of hydrogen-bond donors (Lipinski definition) is 3. The smallest absolute Gasteiger partial charge is 0.315 e. The first-order chi connectivity index (χ1) is 8.66. The van der Waals surface area contributed by atoms with Crippen LogP contribution in [-0.4, -0.2) is 54.7 Å². The molecule has 0 saturated carbocycles. The van der Waals surface area contributed by atoms with Crippen molar-refractivity contribution in [2.75, 3.05) is 26.7 Å². The number of carbonyl (C=O) groups excluding carboxylic acids is 1. The summed E-state index contributed by atoms with van der Waals surface area (Å²) < 4.78 is 0. The average Bonchev–Trinajstić information content (AvgIpc) is 2.26. The third-order valence-electron chi connectivity index (χ3n) is 3.05. The second kappa shape index (κ2) is 7.99. The molecule has 1 unspecified atom stereocenters. The van der Waals surface area contributed by atoms with Crippen molar-refractivity contribution in [2.45, 2.75) is 40.2 Å². The molecule has 0 fully saturated rings. The molecule has 0 aliphatic rings. The zero-order valence-corrected chi connectivity index (χ0v) is 12.6. The van der Waals surface area contributed by atoms with Crippen molar-refractivity contribution in [3.8, 4) is 0 Å². The maximum atomic E-state index is 11.7. The molecule has 0 radical (unpaired) electrons. The van der Waals surface area contributed by atoms with Crippen molar-refractivity contribution >= 4 is 12.0 Å². The van der Waals surface area contributed by atoms with Crippen LogP contribution >= 0.6 is 0 Å². The molecule has 0 rings (SSSR count). The van der Waals surface area contributed by atoms with Crippen LogP contribution in [-0.2, 0) is 4.79 Å². The molecule has 1 atom stereocenters. The van der Waals surface area contributed by atoms with E-state index in [2.05, 4.69) is 15.5 Å². The van der Waals surface area contributed by atoms with E-state index in [1.165, 1.54) is 0 Å². The van der Waals surface area contributed by atoms with Gasteiger partial charge >= 0.3 is 12.0 Å². The molecule has 0 spiro atoms. The van der Waals surface area contributed by atoms with Crippen LogP contribution in [0.2, 0.25) is 0 Å². The van der Waals surface area contributed by atoms with Gasteiger partial charge in [-0.05, 0) is 19.0 Å². The summed E-state index contributed by atoms with van der Waals surface area (Å²) in [6.07, 6.45) is -0.0776. The quantitative estimate of drug-likeness (QED) is 0.649. The van der Waals surface area contributed by atoms with Crippen LogP contribution in [0.5, 0.6) is 0 Å². The molecular weight excluding hydrogens is 246 g/mol. The van der Waals surface area contributed by atoms with Gasteiger partial charge in [0.05, 0.1) is 6.42 Å². The molecule has 6 nitrogen and oxygen atoms in total. The fourth-order valence-corrected chi connectivity index (χ4v) is 1.48. The van der Waals surface area contributed by atoms with E-state index in [-0.39, 0.29) is 17.9 Å². The van der Waals surface area contributed by atoms with Crippen molar-refractivity contribution in [3.63, 3.8) is 0 Å². The number of rotatable bonds is 7. The molecule has 0 heterocycles. The van der Waals surface area contributed by atoms with Crippen LogP contribution in [0.25, 0.3) is 0 Å². The maximum absolute atomic E-state index is 11.7. The molecule has 2 amide bonds. The van der Waals surface area contributed by atoms with E-state index in [1.54, 1.807) is 0 Å². The van der Waals surface area contributed by atoms with Gasteiger partial charge in [0.15, 0.2) is 0 Å². The van der Waals surface area contributed by atoms with E-state index in [1.807, 2.05) is 34.7 Å². The highest BCUT2D eigenvalue weighted by atomic mass is 16.4. The summed E-state index contributed by atoms with van der Waals surface area (Å²) in [5.41, 5.74) is -0.296. The lowest BCUT2D eigenvalue weighted by Gasteiger charge is -2.30. The Morgan fingerprint density at radius 2 is 1.89 bits per heavy atom. The summed E-state index contributed by atoms with van der Waals surface area (Å²) in [4.78, 5) is 24.6. The first kappa shape index (κ1) is 17.7. The Balaban J connectivity index is 4.21. The van der Waals surface area contributed by atoms with Crippen molar-refractivity contribution in [1.82, 2.24) is 15.5 Å². The minimum absolute atomic E-state index is 0.0776. The van der Waals surface area contributed by atoms with E-state index < -0.39 is 12.0 Å². The standard InChI is InChI=1S/C13H27N3O3/c1-6-16(5)8-7-14-12(19)15-10(9-11(17)18)13(2,3)4/h10H,6-9H2,1-5H3,(H,17,18)(H2,14,15,19). The number of urea groups is 1. The van der Waals surface area contributed by atoms with Crippen LogP contribution in [0.1, 0.15) is 34.1 Å². The summed E-state index contributed by atoms with van der Waals surface area (Å²) >= 11 is 0. The zero-order chi connectivity index (χ0) is 15.1. The lowest BCUT2D eigenvalue weighted by Crippen LogP contribution is -2.49. The number of amides is 2. The number of hydrogen-bond acceptors (Lipinski definition) is 3. The van der Waals surface area contributed by atoms with Gasteiger partial charge in [0.1, 0.15) is 0 Å². The molecule has 112 valence electrons. The van der Waals surface area contributed by atoms with E-state index in [4.69, 9.17) is 5.11 Å². The highest BCUT2D eigenvalue weighted by molar-refractivity contribution is 5.75.